The van der Waals surface area contributed by atoms with Crippen LogP contribution in [0.5, 0.6) is 5.75 Å². The van der Waals surface area contributed by atoms with Gasteiger partial charge in [0, 0.05) is 18.8 Å². The van der Waals surface area contributed by atoms with E-state index in [-0.39, 0.29) is 17.3 Å². The van der Waals surface area contributed by atoms with E-state index in [1.54, 1.807) is 0 Å². The second-order valence-electron chi connectivity index (χ2n) is 5.08. The fourth-order valence-electron chi connectivity index (χ4n) is 2.34. The number of halogens is 3. The van der Waals surface area contributed by atoms with Gasteiger partial charge in [-0.2, -0.15) is 8.78 Å². The fourth-order valence-corrected chi connectivity index (χ4v) is 2.56. The number of carboxylic acid groups (broad SMARTS) is 1. The number of urea groups is 1. The third-order valence-electron chi connectivity index (χ3n) is 3.46. The Hall–Kier alpha value is -2.09. The number of alkyl halides is 2. The minimum Gasteiger partial charge on any atom is -0.481 e. The molecule has 2 N–H and O–H groups in total. The van der Waals surface area contributed by atoms with E-state index in [4.69, 9.17) is 16.7 Å². The standard InChI is InChI=1S/C14H15ClF2N2O4/c15-10-6-9(3-4-11(10)23-13(16)17)18-14(22)19-5-1-2-8(7-19)12(20)21/h3-4,6,8,13H,1-2,5,7H2,(H,18,22)(H,20,21). The quantitative estimate of drug-likeness (QED) is 0.875. The first-order chi connectivity index (χ1) is 10.9. The molecule has 0 bridgehead atoms. The molecule has 0 radical (unpaired) electrons. The second-order valence-corrected chi connectivity index (χ2v) is 5.48. The highest BCUT2D eigenvalue weighted by molar-refractivity contribution is 6.32. The number of hydrogen-bond acceptors (Lipinski definition) is 3. The normalized spacial score (nSPS) is 17.9. The Bertz CT molecular complexity index is 600. The van der Waals surface area contributed by atoms with Gasteiger partial charge in [0.05, 0.1) is 10.9 Å². The predicted octanol–water partition coefficient (Wildman–Crippen LogP) is 3.27. The number of benzene rings is 1. The highest BCUT2D eigenvalue weighted by Gasteiger charge is 2.28. The summed E-state index contributed by atoms with van der Waals surface area (Å²) in [5.41, 5.74) is 0.305. The van der Waals surface area contributed by atoms with Gasteiger partial charge in [-0.15, -0.1) is 0 Å². The number of amides is 2. The average Bonchev–Trinajstić information content (AvgIpc) is 2.49. The van der Waals surface area contributed by atoms with Crippen molar-refractivity contribution in [3.05, 3.63) is 23.2 Å². The topological polar surface area (TPSA) is 78.9 Å². The van der Waals surface area contributed by atoms with Gasteiger partial charge < -0.3 is 20.1 Å². The van der Waals surface area contributed by atoms with E-state index in [1.165, 1.54) is 23.1 Å². The third kappa shape index (κ3) is 4.69. The molecule has 1 aliphatic rings. The van der Waals surface area contributed by atoms with Crippen molar-refractivity contribution in [1.29, 1.82) is 0 Å². The van der Waals surface area contributed by atoms with Crippen molar-refractivity contribution in [3.63, 3.8) is 0 Å². The van der Waals surface area contributed by atoms with Crippen LogP contribution in [0.3, 0.4) is 0 Å². The molecule has 0 saturated carbocycles. The number of rotatable bonds is 4. The van der Waals surface area contributed by atoms with Gasteiger partial charge in [0.2, 0.25) is 0 Å². The zero-order chi connectivity index (χ0) is 17.0. The average molecular weight is 349 g/mol. The first-order valence-corrected chi connectivity index (χ1v) is 7.27. The summed E-state index contributed by atoms with van der Waals surface area (Å²) in [5, 5.41) is 11.5. The molecule has 1 fully saturated rings. The van der Waals surface area contributed by atoms with Crippen LogP contribution < -0.4 is 10.1 Å². The minimum absolute atomic E-state index is 0.0647. The van der Waals surface area contributed by atoms with Crippen molar-refractivity contribution in [2.75, 3.05) is 18.4 Å². The lowest BCUT2D eigenvalue weighted by atomic mass is 9.99. The first kappa shape index (κ1) is 17.3. The molecule has 2 rings (SSSR count). The summed E-state index contributed by atoms with van der Waals surface area (Å²) in [6.45, 7) is -2.41. The fraction of sp³-hybridized carbons (Fsp3) is 0.429. The molecule has 2 amide bonds. The van der Waals surface area contributed by atoms with Crippen LogP contribution in [0, 0.1) is 5.92 Å². The Morgan fingerprint density at radius 1 is 1.43 bits per heavy atom. The zero-order valence-electron chi connectivity index (χ0n) is 12.0. The summed E-state index contributed by atoms with van der Waals surface area (Å²) in [6, 6.07) is 3.42. The Balaban J connectivity index is 2.00. The first-order valence-electron chi connectivity index (χ1n) is 6.90. The lowest BCUT2D eigenvalue weighted by Gasteiger charge is -2.30. The van der Waals surface area contributed by atoms with Crippen LogP contribution in [0.2, 0.25) is 5.02 Å². The van der Waals surface area contributed by atoms with Crippen molar-refractivity contribution >= 4 is 29.3 Å². The third-order valence-corrected chi connectivity index (χ3v) is 3.75. The maximum absolute atomic E-state index is 12.2. The molecule has 9 heteroatoms. The molecule has 1 aliphatic heterocycles. The Kier molecular flexibility index (Phi) is 5.59. The van der Waals surface area contributed by atoms with Gasteiger partial charge in [-0.1, -0.05) is 11.6 Å². The number of nitrogens with zero attached hydrogens (tertiary/aromatic N) is 1. The molecular formula is C14H15ClF2N2O4. The van der Waals surface area contributed by atoms with E-state index < -0.39 is 24.5 Å². The number of nitrogens with one attached hydrogen (secondary N) is 1. The molecule has 6 nitrogen and oxygen atoms in total. The summed E-state index contributed by atoms with van der Waals surface area (Å²) in [4.78, 5) is 24.5. The zero-order valence-corrected chi connectivity index (χ0v) is 12.7. The van der Waals surface area contributed by atoms with E-state index in [2.05, 4.69) is 10.1 Å². The summed E-state index contributed by atoms with van der Waals surface area (Å²) in [6.07, 6.45) is 1.14. The van der Waals surface area contributed by atoms with Gasteiger partial charge in [-0.3, -0.25) is 4.79 Å². The lowest BCUT2D eigenvalue weighted by molar-refractivity contribution is -0.143. The number of ether oxygens (including phenoxy) is 1. The van der Waals surface area contributed by atoms with E-state index in [9.17, 15) is 18.4 Å². The van der Waals surface area contributed by atoms with Crippen molar-refractivity contribution in [2.24, 2.45) is 5.92 Å². The molecule has 1 atom stereocenters. The molecular weight excluding hydrogens is 334 g/mol. The molecule has 1 aromatic carbocycles. The van der Waals surface area contributed by atoms with Crippen LogP contribution in [0.25, 0.3) is 0 Å². The van der Waals surface area contributed by atoms with Gasteiger partial charge in [-0.25, -0.2) is 4.79 Å². The van der Waals surface area contributed by atoms with Crippen molar-refractivity contribution < 1.29 is 28.2 Å². The highest BCUT2D eigenvalue weighted by atomic mass is 35.5. The molecule has 1 aromatic rings. The summed E-state index contributed by atoms with van der Waals surface area (Å²) < 4.78 is 28.5. The number of likely N-dealkylation sites (tertiary alicyclic amines) is 1. The number of carbonyl (C=O) groups excluding carboxylic acids is 1. The van der Waals surface area contributed by atoms with E-state index in [0.717, 1.165) is 0 Å². The summed E-state index contributed by atoms with van der Waals surface area (Å²) in [5.74, 6) is -1.71. The Labute approximate surface area is 136 Å². The molecule has 0 aromatic heterocycles. The second kappa shape index (κ2) is 7.45. The van der Waals surface area contributed by atoms with Gasteiger partial charge in [0.25, 0.3) is 0 Å². The maximum Gasteiger partial charge on any atom is 0.387 e. The monoisotopic (exact) mass is 348 g/mol. The van der Waals surface area contributed by atoms with Crippen LogP contribution >= 0.6 is 11.6 Å². The van der Waals surface area contributed by atoms with Crippen LogP contribution in [0.4, 0.5) is 19.3 Å². The number of aliphatic carboxylic acids is 1. The van der Waals surface area contributed by atoms with Gasteiger partial charge in [-0.05, 0) is 31.0 Å². The lowest BCUT2D eigenvalue weighted by Crippen LogP contribution is -2.44. The Morgan fingerprint density at radius 3 is 2.78 bits per heavy atom. The Morgan fingerprint density at radius 2 is 2.17 bits per heavy atom. The van der Waals surface area contributed by atoms with Gasteiger partial charge in [0.15, 0.2) is 0 Å². The van der Waals surface area contributed by atoms with Crippen LogP contribution in [-0.2, 0) is 4.79 Å². The molecule has 126 valence electrons. The molecule has 1 unspecified atom stereocenters. The number of piperidine rings is 1. The number of hydrogen-bond donors (Lipinski definition) is 2. The summed E-state index contributed by atoms with van der Waals surface area (Å²) in [7, 11) is 0. The molecule has 23 heavy (non-hydrogen) atoms. The van der Waals surface area contributed by atoms with Crippen LogP contribution in [0.1, 0.15) is 12.8 Å². The van der Waals surface area contributed by atoms with E-state index >= 15 is 0 Å². The smallest absolute Gasteiger partial charge is 0.387 e. The molecule has 1 saturated heterocycles. The minimum atomic E-state index is -2.99. The molecule has 0 aliphatic carbocycles. The molecule has 0 spiro atoms. The van der Waals surface area contributed by atoms with Crippen molar-refractivity contribution in [1.82, 2.24) is 4.90 Å². The van der Waals surface area contributed by atoms with Crippen molar-refractivity contribution in [3.8, 4) is 5.75 Å². The number of carboxylic acids is 1. The summed E-state index contributed by atoms with van der Waals surface area (Å²) >= 11 is 5.81. The number of anilines is 1. The van der Waals surface area contributed by atoms with Gasteiger partial charge >= 0.3 is 18.6 Å². The van der Waals surface area contributed by atoms with Crippen molar-refractivity contribution in [2.45, 2.75) is 19.5 Å². The predicted molar refractivity (Wildman–Crippen MR) is 79.0 cm³/mol. The van der Waals surface area contributed by atoms with E-state index in [0.29, 0.717) is 25.1 Å². The SMILES string of the molecule is O=C(O)C1CCCN(C(=O)Nc2ccc(OC(F)F)c(Cl)c2)C1. The number of carbonyl (C=O) groups is 2. The van der Waals surface area contributed by atoms with Crippen LogP contribution in [0.15, 0.2) is 18.2 Å². The van der Waals surface area contributed by atoms with E-state index in [1.807, 2.05) is 0 Å². The maximum atomic E-state index is 12.2. The largest absolute Gasteiger partial charge is 0.481 e. The van der Waals surface area contributed by atoms with Crippen LogP contribution in [-0.4, -0.2) is 41.7 Å². The van der Waals surface area contributed by atoms with Gasteiger partial charge in [0.1, 0.15) is 5.75 Å². The highest BCUT2D eigenvalue weighted by Crippen LogP contribution is 2.29. The molecule has 1 heterocycles.